The van der Waals surface area contributed by atoms with Crippen LogP contribution in [0.3, 0.4) is 0 Å². The Bertz CT molecular complexity index is 1780. The van der Waals surface area contributed by atoms with E-state index in [4.69, 9.17) is 4.74 Å². The van der Waals surface area contributed by atoms with Crippen LogP contribution in [-0.4, -0.2) is 41.6 Å². The number of fused-ring (bicyclic) bond motifs is 1. The highest BCUT2D eigenvalue weighted by Crippen LogP contribution is 2.37. The molecule has 0 fully saturated rings. The molecule has 0 aliphatic rings. The first-order valence-electron chi connectivity index (χ1n) is 11.7. The Labute approximate surface area is 232 Å². The van der Waals surface area contributed by atoms with Crippen molar-refractivity contribution in [2.24, 2.45) is 0 Å². The van der Waals surface area contributed by atoms with E-state index in [0.29, 0.717) is 16.4 Å². The second kappa shape index (κ2) is 11.3. The molecule has 15 heteroatoms. The van der Waals surface area contributed by atoms with Gasteiger partial charge in [0.25, 0.3) is 26.5 Å². The van der Waals surface area contributed by atoms with Gasteiger partial charge in [0.1, 0.15) is 5.82 Å². The molecule has 9 nitrogen and oxygen atoms in total. The zero-order valence-corrected chi connectivity index (χ0v) is 22.7. The number of sulfonamides is 2. The molecule has 0 saturated carbocycles. The summed E-state index contributed by atoms with van der Waals surface area (Å²) in [6.45, 7) is 0.577. The SMILES string of the molecule is CCN(c1cnc(N(COC=O)S(=O)(=O)c2ccc(F)cc2)c2ccccc12)S(=O)(=O)c1ccc(C(F)(F)F)cc1. The van der Waals surface area contributed by atoms with Crippen molar-refractivity contribution >= 4 is 48.8 Å². The molecule has 0 atom stereocenters. The zero-order valence-electron chi connectivity index (χ0n) is 21.1. The molecule has 1 heterocycles. The minimum atomic E-state index is -4.66. The van der Waals surface area contributed by atoms with Gasteiger partial charge in [-0.05, 0) is 55.5 Å². The number of hydrogen-bond acceptors (Lipinski definition) is 7. The second-order valence-corrected chi connectivity index (χ2v) is 12.1. The van der Waals surface area contributed by atoms with Crippen LogP contribution >= 0.6 is 0 Å². The van der Waals surface area contributed by atoms with E-state index in [-0.39, 0.29) is 40.2 Å². The number of carbonyl (C=O) groups is 1. The van der Waals surface area contributed by atoms with Crippen molar-refractivity contribution in [1.29, 1.82) is 0 Å². The molecule has 216 valence electrons. The summed E-state index contributed by atoms with van der Waals surface area (Å²) in [5.74, 6) is -0.903. The number of benzene rings is 3. The highest BCUT2D eigenvalue weighted by molar-refractivity contribution is 7.93. The summed E-state index contributed by atoms with van der Waals surface area (Å²) < 4.78 is 113. The predicted octanol–water partition coefficient (Wildman–Crippen LogP) is 4.93. The number of hydrogen-bond donors (Lipinski definition) is 0. The molecular weight excluding hydrogens is 590 g/mol. The van der Waals surface area contributed by atoms with Crippen molar-refractivity contribution < 1.29 is 43.9 Å². The summed E-state index contributed by atoms with van der Waals surface area (Å²) >= 11 is 0. The summed E-state index contributed by atoms with van der Waals surface area (Å²) in [7, 11) is -8.86. The molecule has 41 heavy (non-hydrogen) atoms. The Balaban J connectivity index is 1.86. The highest BCUT2D eigenvalue weighted by Gasteiger charge is 2.33. The average molecular weight is 612 g/mol. The fourth-order valence-corrected chi connectivity index (χ4v) is 6.84. The quantitative estimate of drug-likeness (QED) is 0.142. The van der Waals surface area contributed by atoms with Gasteiger partial charge in [-0.15, -0.1) is 0 Å². The molecule has 4 aromatic rings. The van der Waals surface area contributed by atoms with E-state index in [2.05, 4.69) is 4.98 Å². The molecule has 0 bridgehead atoms. The van der Waals surface area contributed by atoms with Crippen molar-refractivity contribution in [3.05, 3.63) is 90.4 Å². The highest BCUT2D eigenvalue weighted by atomic mass is 32.2. The number of ether oxygens (including phenoxy) is 1. The standard InChI is InChI=1S/C26H21F4N3O6S2/c1-2-32(40(35,36)20-11-7-18(8-12-20)26(28,29)30)24-15-31-25(23-6-4-3-5-22(23)24)33(16-39-17-34)41(37,38)21-13-9-19(27)10-14-21/h3-15,17H,2,16H2,1H3. The van der Waals surface area contributed by atoms with Gasteiger partial charge in [0.05, 0.1) is 27.2 Å². The summed E-state index contributed by atoms with van der Waals surface area (Å²) in [6, 6.07) is 13.0. The van der Waals surface area contributed by atoms with Crippen molar-refractivity contribution in [2.75, 3.05) is 21.9 Å². The summed E-state index contributed by atoms with van der Waals surface area (Å²) in [5.41, 5.74) is -1.00. The van der Waals surface area contributed by atoms with Gasteiger partial charge in [0, 0.05) is 17.3 Å². The minimum absolute atomic E-state index is 0.0159. The van der Waals surface area contributed by atoms with E-state index in [0.717, 1.165) is 46.9 Å². The van der Waals surface area contributed by atoms with Crippen LogP contribution in [0.25, 0.3) is 10.8 Å². The van der Waals surface area contributed by atoms with Crippen LogP contribution in [0.2, 0.25) is 0 Å². The summed E-state index contributed by atoms with van der Waals surface area (Å²) in [5, 5.41) is 0.367. The Morgan fingerprint density at radius 2 is 1.37 bits per heavy atom. The minimum Gasteiger partial charge on any atom is -0.445 e. The number of aromatic nitrogens is 1. The van der Waals surface area contributed by atoms with Gasteiger partial charge in [-0.3, -0.25) is 9.10 Å². The Morgan fingerprint density at radius 1 is 0.829 bits per heavy atom. The van der Waals surface area contributed by atoms with E-state index in [1.54, 1.807) is 12.1 Å². The van der Waals surface area contributed by atoms with Crippen molar-refractivity contribution in [3.63, 3.8) is 0 Å². The van der Waals surface area contributed by atoms with Crippen LogP contribution in [0.1, 0.15) is 12.5 Å². The predicted molar refractivity (Wildman–Crippen MR) is 141 cm³/mol. The zero-order chi connectivity index (χ0) is 30.0. The van der Waals surface area contributed by atoms with E-state index >= 15 is 0 Å². The maximum absolute atomic E-state index is 13.5. The van der Waals surface area contributed by atoms with Gasteiger partial charge in [-0.1, -0.05) is 24.3 Å². The van der Waals surface area contributed by atoms with Gasteiger partial charge in [0.2, 0.25) is 0 Å². The van der Waals surface area contributed by atoms with Crippen molar-refractivity contribution in [3.8, 4) is 0 Å². The van der Waals surface area contributed by atoms with E-state index in [1.807, 2.05) is 0 Å². The Kier molecular flexibility index (Phi) is 8.22. The van der Waals surface area contributed by atoms with Crippen molar-refractivity contribution in [2.45, 2.75) is 22.9 Å². The normalized spacial score (nSPS) is 12.2. The number of rotatable bonds is 10. The number of carbonyl (C=O) groups excluding carboxylic acids is 1. The lowest BCUT2D eigenvalue weighted by Gasteiger charge is -2.27. The number of nitrogens with zero attached hydrogens (tertiary/aromatic N) is 3. The maximum Gasteiger partial charge on any atom is 0.416 e. The number of anilines is 2. The van der Waals surface area contributed by atoms with Crippen LogP contribution < -0.4 is 8.61 Å². The van der Waals surface area contributed by atoms with E-state index in [1.165, 1.54) is 19.1 Å². The molecule has 3 aromatic carbocycles. The number of alkyl halides is 3. The molecule has 4 rings (SSSR count). The largest absolute Gasteiger partial charge is 0.445 e. The molecule has 0 N–H and O–H groups in total. The third-order valence-corrected chi connectivity index (χ3v) is 9.61. The molecule has 0 aliphatic heterocycles. The lowest BCUT2D eigenvalue weighted by Crippen LogP contribution is -2.35. The maximum atomic E-state index is 13.5. The molecule has 0 radical (unpaired) electrons. The smallest absolute Gasteiger partial charge is 0.416 e. The first kappa shape index (κ1) is 29.7. The molecule has 0 spiro atoms. The Hall–Kier alpha value is -4.24. The van der Waals surface area contributed by atoms with Gasteiger partial charge < -0.3 is 4.74 Å². The second-order valence-electron chi connectivity index (χ2n) is 8.40. The van der Waals surface area contributed by atoms with Crippen molar-refractivity contribution in [1.82, 2.24) is 4.98 Å². The molecule has 0 unspecified atom stereocenters. The molecular formula is C26H21F4N3O6S2. The third-order valence-electron chi connectivity index (χ3n) is 5.98. The lowest BCUT2D eigenvalue weighted by molar-refractivity contribution is -0.137. The first-order valence-corrected chi connectivity index (χ1v) is 14.6. The Morgan fingerprint density at radius 3 is 1.90 bits per heavy atom. The molecule has 0 saturated heterocycles. The number of pyridine rings is 1. The van der Waals surface area contributed by atoms with Crippen LogP contribution in [0.4, 0.5) is 29.1 Å². The van der Waals surface area contributed by atoms with Crippen LogP contribution in [0.5, 0.6) is 0 Å². The lowest BCUT2D eigenvalue weighted by atomic mass is 10.1. The molecule has 0 aliphatic carbocycles. The summed E-state index contributed by atoms with van der Waals surface area (Å²) in [4.78, 5) is 14.4. The van der Waals surface area contributed by atoms with Crippen LogP contribution in [-0.2, 0) is 35.8 Å². The van der Waals surface area contributed by atoms with Gasteiger partial charge in [-0.25, -0.2) is 30.5 Å². The van der Waals surface area contributed by atoms with E-state index in [9.17, 15) is 39.2 Å². The monoisotopic (exact) mass is 611 g/mol. The fourth-order valence-electron chi connectivity index (χ4n) is 4.05. The van der Waals surface area contributed by atoms with Gasteiger partial charge in [0.15, 0.2) is 12.5 Å². The van der Waals surface area contributed by atoms with E-state index < -0.39 is 49.2 Å². The topological polar surface area (TPSA) is 114 Å². The van der Waals surface area contributed by atoms with Gasteiger partial charge in [-0.2, -0.15) is 13.2 Å². The van der Waals surface area contributed by atoms with Gasteiger partial charge >= 0.3 is 6.18 Å². The first-order chi connectivity index (χ1) is 19.3. The van der Waals surface area contributed by atoms with Crippen LogP contribution in [0.15, 0.2) is 88.8 Å². The average Bonchev–Trinajstić information content (AvgIpc) is 2.94. The third kappa shape index (κ3) is 5.81. The fraction of sp³-hybridized carbons (Fsp3) is 0.154. The number of halogens is 4. The van der Waals surface area contributed by atoms with Crippen LogP contribution in [0, 0.1) is 5.82 Å². The molecule has 0 amide bonds. The molecule has 1 aromatic heterocycles. The summed E-state index contributed by atoms with van der Waals surface area (Å²) in [6.07, 6.45) is -3.56.